The number of carbonyl (C=O) groups excluding carboxylic acids is 3. The molecule has 2 aromatic rings. The lowest BCUT2D eigenvalue weighted by Crippen LogP contribution is -2.51. The van der Waals surface area contributed by atoms with Gasteiger partial charge in [0, 0.05) is 13.2 Å². The maximum Gasteiger partial charge on any atom is 0.355 e. The van der Waals surface area contributed by atoms with Crippen LogP contribution in [-0.4, -0.2) is 41.7 Å². The monoisotopic (exact) mass is 359 g/mol. The molecule has 1 aliphatic rings. The van der Waals surface area contributed by atoms with Crippen LogP contribution >= 0.6 is 0 Å². The lowest BCUT2D eigenvalue weighted by molar-refractivity contribution is -0.135. The molecule has 0 bridgehead atoms. The minimum atomic E-state index is -0.906. The number of hydrazine groups is 1. The zero-order valence-electron chi connectivity index (χ0n) is 13.9. The molecule has 2 amide bonds. The fraction of sp³-hybridized carbons (Fsp3) is 0.235. The molecule has 1 aromatic heterocycles. The Morgan fingerprint density at radius 3 is 2.65 bits per heavy atom. The Morgan fingerprint density at radius 2 is 1.92 bits per heavy atom. The molecule has 1 aliphatic heterocycles. The summed E-state index contributed by atoms with van der Waals surface area (Å²) in [4.78, 5) is 35.5. The normalized spacial score (nSPS) is 15.0. The van der Waals surface area contributed by atoms with Crippen molar-refractivity contribution >= 4 is 17.8 Å². The third-order valence-corrected chi connectivity index (χ3v) is 3.61. The number of esters is 1. The van der Waals surface area contributed by atoms with Crippen LogP contribution in [0, 0.1) is 0 Å². The minimum Gasteiger partial charge on any atom is -0.485 e. The van der Waals surface area contributed by atoms with Crippen molar-refractivity contribution in [3.05, 3.63) is 48.3 Å². The first-order chi connectivity index (χ1) is 12.5. The van der Waals surface area contributed by atoms with Crippen molar-refractivity contribution in [1.82, 2.24) is 15.4 Å². The van der Waals surface area contributed by atoms with Gasteiger partial charge in [0.25, 0.3) is 11.8 Å². The summed E-state index contributed by atoms with van der Waals surface area (Å²) in [5.74, 6) is -0.908. The molecule has 0 unspecified atom stereocenters. The standard InChI is InChI=1S/C17H17N3O6/c1-20-8-4-5-11(20)17(23)25-10-15(21)18-19-16(22)14-9-24-12-6-2-3-7-13(12)26-14/h2-8,14H,9-10H2,1H3,(H,18,21)(H,19,22)/t14-/m0/s1. The Hall–Kier alpha value is -3.49. The van der Waals surface area contributed by atoms with Crippen LogP contribution in [0.1, 0.15) is 10.5 Å². The van der Waals surface area contributed by atoms with E-state index < -0.39 is 30.5 Å². The van der Waals surface area contributed by atoms with Gasteiger partial charge in [-0.1, -0.05) is 12.1 Å². The highest BCUT2D eigenvalue weighted by atomic mass is 16.6. The number of nitrogens with one attached hydrogen (secondary N) is 2. The van der Waals surface area contributed by atoms with E-state index >= 15 is 0 Å². The molecule has 9 heteroatoms. The number of benzene rings is 1. The molecule has 1 aromatic carbocycles. The van der Waals surface area contributed by atoms with Gasteiger partial charge in [-0.2, -0.15) is 0 Å². The molecule has 9 nitrogen and oxygen atoms in total. The number of hydrogen-bond donors (Lipinski definition) is 2. The second-order valence-electron chi connectivity index (χ2n) is 5.48. The van der Waals surface area contributed by atoms with Crippen molar-refractivity contribution in [3.63, 3.8) is 0 Å². The number of para-hydroxylation sites is 2. The lowest BCUT2D eigenvalue weighted by Gasteiger charge is -2.25. The van der Waals surface area contributed by atoms with E-state index in [9.17, 15) is 14.4 Å². The van der Waals surface area contributed by atoms with Gasteiger partial charge in [-0.05, 0) is 24.3 Å². The molecule has 0 spiro atoms. The largest absolute Gasteiger partial charge is 0.485 e. The topological polar surface area (TPSA) is 108 Å². The van der Waals surface area contributed by atoms with Crippen LogP contribution in [0.3, 0.4) is 0 Å². The summed E-state index contributed by atoms with van der Waals surface area (Å²) in [6.07, 6.45) is 0.775. The fourth-order valence-corrected chi connectivity index (χ4v) is 2.27. The molecule has 0 saturated heterocycles. The predicted octanol–water partition coefficient (Wildman–Crippen LogP) is 0.169. The molecule has 2 heterocycles. The Balaban J connectivity index is 1.42. The van der Waals surface area contributed by atoms with Gasteiger partial charge >= 0.3 is 5.97 Å². The van der Waals surface area contributed by atoms with E-state index in [0.29, 0.717) is 17.2 Å². The van der Waals surface area contributed by atoms with Gasteiger partial charge in [-0.15, -0.1) is 0 Å². The summed E-state index contributed by atoms with van der Waals surface area (Å²) in [5, 5.41) is 0. The van der Waals surface area contributed by atoms with Gasteiger partial charge in [0.1, 0.15) is 12.3 Å². The first kappa shape index (κ1) is 17.3. The molecular formula is C17H17N3O6. The Morgan fingerprint density at radius 1 is 1.15 bits per heavy atom. The molecular weight excluding hydrogens is 342 g/mol. The van der Waals surface area contributed by atoms with Crippen molar-refractivity contribution < 1.29 is 28.6 Å². The van der Waals surface area contributed by atoms with E-state index in [-0.39, 0.29) is 6.61 Å². The first-order valence-corrected chi connectivity index (χ1v) is 7.80. The van der Waals surface area contributed by atoms with Crippen molar-refractivity contribution in [3.8, 4) is 11.5 Å². The number of rotatable bonds is 4. The smallest absolute Gasteiger partial charge is 0.355 e. The number of amides is 2. The van der Waals surface area contributed by atoms with Crippen LogP contribution in [0.4, 0.5) is 0 Å². The van der Waals surface area contributed by atoms with Gasteiger partial charge in [0.2, 0.25) is 6.10 Å². The average molecular weight is 359 g/mol. The second kappa shape index (κ2) is 7.60. The van der Waals surface area contributed by atoms with Crippen LogP contribution in [0.2, 0.25) is 0 Å². The minimum absolute atomic E-state index is 0.0151. The fourth-order valence-electron chi connectivity index (χ4n) is 2.27. The molecule has 2 N–H and O–H groups in total. The van der Waals surface area contributed by atoms with Crippen molar-refractivity contribution in [2.45, 2.75) is 6.10 Å². The Labute approximate surface area is 148 Å². The van der Waals surface area contributed by atoms with Crippen molar-refractivity contribution in [2.75, 3.05) is 13.2 Å². The summed E-state index contributed by atoms with van der Waals surface area (Å²) < 4.78 is 17.4. The van der Waals surface area contributed by atoms with Gasteiger partial charge in [-0.3, -0.25) is 20.4 Å². The maximum absolute atomic E-state index is 12.0. The summed E-state index contributed by atoms with van der Waals surface area (Å²) in [6, 6.07) is 10.2. The molecule has 0 fully saturated rings. The second-order valence-corrected chi connectivity index (χ2v) is 5.48. The third-order valence-electron chi connectivity index (χ3n) is 3.61. The number of fused-ring (bicyclic) bond motifs is 1. The number of aromatic nitrogens is 1. The average Bonchev–Trinajstić information content (AvgIpc) is 3.09. The zero-order chi connectivity index (χ0) is 18.5. The van der Waals surface area contributed by atoms with E-state index in [1.165, 1.54) is 0 Å². The van der Waals surface area contributed by atoms with Crippen LogP contribution in [0.5, 0.6) is 11.5 Å². The number of aryl methyl sites for hydroxylation is 1. The highest BCUT2D eigenvalue weighted by molar-refractivity contribution is 5.90. The number of hydrogen-bond acceptors (Lipinski definition) is 6. The van der Waals surface area contributed by atoms with E-state index in [0.717, 1.165) is 0 Å². The number of ether oxygens (including phenoxy) is 3. The van der Waals surface area contributed by atoms with E-state index in [4.69, 9.17) is 14.2 Å². The van der Waals surface area contributed by atoms with E-state index in [1.54, 1.807) is 54.2 Å². The molecule has 3 rings (SSSR count). The van der Waals surface area contributed by atoms with Gasteiger partial charge in [0.05, 0.1) is 0 Å². The third kappa shape index (κ3) is 3.94. The van der Waals surface area contributed by atoms with Crippen molar-refractivity contribution in [2.24, 2.45) is 7.05 Å². The highest BCUT2D eigenvalue weighted by Gasteiger charge is 2.27. The van der Waals surface area contributed by atoms with Crippen LogP contribution < -0.4 is 20.3 Å². The summed E-state index contributed by atoms with van der Waals surface area (Å²) in [5.41, 5.74) is 4.69. The SMILES string of the molecule is Cn1cccc1C(=O)OCC(=O)NNC(=O)[C@@H]1COc2ccccc2O1. The van der Waals surface area contributed by atoms with E-state index in [2.05, 4.69) is 10.9 Å². The lowest BCUT2D eigenvalue weighted by atomic mass is 10.2. The van der Waals surface area contributed by atoms with E-state index in [1.807, 2.05) is 0 Å². The zero-order valence-corrected chi connectivity index (χ0v) is 13.9. The first-order valence-electron chi connectivity index (χ1n) is 7.80. The number of carbonyl (C=O) groups is 3. The number of nitrogens with zero attached hydrogens (tertiary/aromatic N) is 1. The summed E-state index contributed by atoms with van der Waals surface area (Å²) >= 11 is 0. The quantitative estimate of drug-likeness (QED) is 0.595. The van der Waals surface area contributed by atoms with Gasteiger partial charge < -0.3 is 18.8 Å². The summed E-state index contributed by atoms with van der Waals surface area (Å²) in [6.45, 7) is -0.518. The molecule has 0 aliphatic carbocycles. The van der Waals surface area contributed by atoms with Crippen molar-refractivity contribution in [1.29, 1.82) is 0 Å². The Kier molecular flexibility index (Phi) is 5.07. The van der Waals surface area contributed by atoms with Gasteiger partial charge in [0.15, 0.2) is 18.1 Å². The maximum atomic E-state index is 12.0. The Bertz CT molecular complexity index is 831. The van der Waals surface area contributed by atoms with Gasteiger partial charge in [-0.25, -0.2) is 4.79 Å². The molecule has 1 atom stereocenters. The molecule has 26 heavy (non-hydrogen) atoms. The predicted molar refractivity (Wildman–Crippen MR) is 88.3 cm³/mol. The summed E-state index contributed by atoms with van der Waals surface area (Å²) in [7, 11) is 1.68. The highest BCUT2D eigenvalue weighted by Crippen LogP contribution is 2.30. The molecule has 136 valence electrons. The molecule has 0 radical (unpaired) electrons. The van der Waals surface area contributed by atoms with Crippen LogP contribution in [0.15, 0.2) is 42.6 Å². The molecule has 0 saturated carbocycles. The van der Waals surface area contributed by atoms with Crippen LogP contribution in [0.25, 0.3) is 0 Å². The van der Waals surface area contributed by atoms with Crippen LogP contribution in [-0.2, 0) is 21.4 Å².